The Morgan fingerprint density at radius 1 is 1.15 bits per heavy atom. The van der Waals surface area contributed by atoms with Gasteiger partial charge in [-0.15, -0.1) is 0 Å². The SMILES string of the molecule is COc1cc(OC)c2c(Nc3ccn[nH]3)ncnc2c1. The number of nitrogens with zero attached hydrogens (tertiary/aromatic N) is 3. The Morgan fingerprint density at radius 3 is 2.75 bits per heavy atom. The van der Waals surface area contributed by atoms with Crippen molar-refractivity contribution in [2.45, 2.75) is 0 Å². The third-order valence-electron chi connectivity index (χ3n) is 2.88. The number of rotatable bonds is 4. The molecule has 3 rings (SSSR count). The van der Waals surface area contributed by atoms with Gasteiger partial charge in [-0.3, -0.25) is 5.10 Å². The number of aromatic amines is 1. The van der Waals surface area contributed by atoms with Gasteiger partial charge in [0.15, 0.2) is 0 Å². The predicted octanol–water partition coefficient (Wildman–Crippen LogP) is 2.11. The molecular weight excluding hydrogens is 258 g/mol. The Morgan fingerprint density at radius 2 is 2.05 bits per heavy atom. The molecule has 0 saturated carbocycles. The monoisotopic (exact) mass is 271 g/mol. The zero-order chi connectivity index (χ0) is 13.9. The summed E-state index contributed by atoms with van der Waals surface area (Å²) in [5.41, 5.74) is 0.734. The maximum Gasteiger partial charge on any atom is 0.146 e. The Bertz CT molecular complexity index is 727. The third-order valence-corrected chi connectivity index (χ3v) is 2.88. The van der Waals surface area contributed by atoms with Crippen LogP contribution in [0.2, 0.25) is 0 Å². The minimum atomic E-state index is 0.638. The Kier molecular flexibility index (Phi) is 3.08. The van der Waals surface area contributed by atoms with Crippen LogP contribution in [0.4, 0.5) is 11.6 Å². The number of methoxy groups -OCH3 is 2. The number of aromatic nitrogens is 4. The van der Waals surface area contributed by atoms with Crippen molar-refractivity contribution < 1.29 is 9.47 Å². The fraction of sp³-hybridized carbons (Fsp3) is 0.154. The van der Waals surface area contributed by atoms with Gasteiger partial charge < -0.3 is 14.8 Å². The van der Waals surface area contributed by atoms with E-state index in [0.717, 1.165) is 16.7 Å². The van der Waals surface area contributed by atoms with Crippen LogP contribution in [0.25, 0.3) is 10.9 Å². The molecule has 0 aliphatic rings. The second-order valence-electron chi connectivity index (χ2n) is 4.04. The Balaban J connectivity index is 2.17. The number of anilines is 2. The van der Waals surface area contributed by atoms with E-state index in [0.29, 0.717) is 17.3 Å². The molecule has 1 aromatic carbocycles. The third kappa shape index (κ3) is 2.09. The van der Waals surface area contributed by atoms with Crippen molar-refractivity contribution in [3.05, 3.63) is 30.7 Å². The molecule has 0 aliphatic carbocycles. The zero-order valence-corrected chi connectivity index (χ0v) is 11.0. The molecule has 0 atom stereocenters. The summed E-state index contributed by atoms with van der Waals surface area (Å²) in [6.45, 7) is 0. The van der Waals surface area contributed by atoms with Crippen molar-refractivity contribution in [1.29, 1.82) is 0 Å². The lowest BCUT2D eigenvalue weighted by atomic mass is 10.2. The van der Waals surface area contributed by atoms with Crippen molar-refractivity contribution in [1.82, 2.24) is 20.2 Å². The summed E-state index contributed by atoms with van der Waals surface area (Å²) in [6, 6.07) is 5.44. The molecule has 0 radical (unpaired) electrons. The second kappa shape index (κ2) is 5.04. The molecule has 2 heterocycles. The maximum atomic E-state index is 5.40. The predicted molar refractivity (Wildman–Crippen MR) is 74.5 cm³/mol. The fourth-order valence-corrected chi connectivity index (χ4v) is 1.96. The number of nitrogens with one attached hydrogen (secondary N) is 2. The lowest BCUT2D eigenvalue weighted by molar-refractivity contribution is 0.398. The van der Waals surface area contributed by atoms with Gasteiger partial charge in [0.05, 0.1) is 31.3 Å². The van der Waals surface area contributed by atoms with E-state index >= 15 is 0 Å². The molecule has 0 unspecified atom stereocenters. The molecule has 0 saturated heterocycles. The smallest absolute Gasteiger partial charge is 0.146 e. The standard InChI is InChI=1S/C13H13N5O2/c1-19-8-5-9-12(10(6-8)20-2)13(15-7-14-9)17-11-3-4-16-18-11/h3-7H,1-2H3,(H2,14,15,16,17,18). The lowest BCUT2D eigenvalue weighted by Crippen LogP contribution is -1.99. The second-order valence-corrected chi connectivity index (χ2v) is 4.04. The molecule has 0 bridgehead atoms. The zero-order valence-electron chi connectivity index (χ0n) is 11.0. The highest BCUT2D eigenvalue weighted by atomic mass is 16.5. The minimum absolute atomic E-state index is 0.638. The highest BCUT2D eigenvalue weighted by molar-refractivity contribution is 5.96. The first-order valence-corrected chi connectivity index (χ1v) is 5.95. The summed E-state index contributed by atoms with van der Waals surface area (Å²) in [5, 5.41) is 10.6. The van der Waals surface area contributed by atoms with Crippen LogP contribution >= 0.6 is 0 Å². The van der Waals surface area contributed by atoms with Gasteiger partial charge in [-0.1, -0.05) is 0 Å². The van der Waals surface area contributed by atoms with Crippen LogP contribution in [0.5, 0.6) is 11.5 Å². The molecule has 20 heavy (non-hydrogen) atoms. The number of fused-ring (bicyclic) bond motifs is 1. The van der Waals surface area contributed by atoms with Crippen LogP contribution in [-0.2, 0) is 0 Å². The van der Waals surface area contributed by atoms with Gasteiger partial charge >= 0.3 is 0 Å². The normalized spacial score (nSPS) is 10.5. The Labute approximate surface area is 115 Å². The van der Waals surface area contributed by atoms with E-state index in [4.69, 9.17) is 9.47 Å². The summed E-state index contributed by atoms with van der Waals surface area (Å²) < 4.78 is 10.6. The van der Waals surface area contributed by atoms with Crippen molar-refractivity contribution in [2.75, 3.05) is 19.5 Å². The molecule has 2 N–H and O–H groups in total. The number of benzene rings is 1. The summed E-state index contributed by atoms with van der Waals surface area (Å²) in [4.78, 5) is 8.51. The minimum Gasteiger partial charge on any atom is -0.497 e. The number of H-pyrrole nitrogens is 1. The first kappa shape index (κ1) is 12.2. The molecule has 3 aromatic rings. The van der Waals surface area contributed by atoms with Crippen LogP contribution in [0.1, 0.15) is 0 Å². The first-order chi connectivity index (χ1) is 9.81. The highest BCUT2D eigenvalue weighted by Crippen LogP contribution is 2.34. The summed E-state index contributed by atoms with van der Waals surface area (Å²) in [6.07, 6.45) is 3.14. The summed E-state index contributed by atoms with van der Waals surface area (Å²) >= 11 is 0. The van der Waals surface area contributed by atoms with Gasteiger partial charge in [0.25, 0.3) is 0 Å². The molecular formula is C13H13N5O2. The van der Waals surface area contributed by atoms with Crippen LogP contribution in [0.15, 0.2) is 30.7 Å². The highest BCUT2D eigenvalue weighted by Gasteiger charge is 2.12. The summed E-state index contributed by atoms with van der Waals surface area (Å²) in [5.74, 6) is 2.70. The van der Waals surface area contributed by atoms with Gasteiger partial charge in [0.1, 0.15) is 29.5 Å². The molecule has 0 spiro atoms. The molecule has 0 amide bonds. The Hall–Kier alpha value is -2.83. The molecule has 0 aliphatic heterocycles. The molecule has 0 fully saturated rings. The van der Waals surface area contributed by atoms with Gasteiger partial charge in [0.2, 0.25) is 0 Å². The van der Waals surface area contributed by atoms with E-state index in [1.165, 1.54) is 6.33 Å². The maximum absolute atomic E-state index is 5.40. The van der Waals surface area contributed by atoms with Gasteiger partial charge in [0, 0.05) is 18.2 Å². The number of hydrogen-bond acceptors (Lipinski definition) is 6. The fourth-order valence-electron chi connectivity index (χ4n) is 1.96. The van der Waals surface area contributed by atoms with E-state index in [1.807, 2.05) is 12.1 Å². The van der Waals surface area contributed by atoms with Crippen LogP contribution in [0.3, 0.4) is 0 Å². The number of ether oxygens (including phenoxy) is 2. The average Bonchev–Trinajstić information content (AvgIpc) is 2.99. The van der Waals surface area contributed by atoms with Crippen molar-refractivity contribution in [3.63, 3.8) is 0 Å². The topological polar surface area (TPSA) is 85.0 Å². The number of hydrogen-bond donors (Lipinski definition) is 2. The molecule has 7 nitrogen and oxygen atoms in total. The van der Waals surface area contributed by atoms with Gasteiger partial charge in [-0.2, -0.15) is 5.10 Å². The van der Waals surface area contributed by atoms with E-state index in [-0.39, 0.29) is 0 Å². The van der Waals surface area contributed by atoms with Crippen molar-refractivity contribution in [2.24, 2.45) is 0 Å². The van der Waals surface area contributed by atoms with Crippen molar-refractivity contribution in [3.8, 4) is 11.5 Å². The van der Waals surface area contributed by atoms with Gasteiger partial charge in [-0.05, 0) is 0 Å². The van der Waals surface area contributed by atoms with Crippen molar-refractivity contribution >= 4 is 22.5 Å². The lowest BCUT2D eigenvalue weighted by Gasteiger charge is -2.11. The van der Waals surface area contributed by atoms with E-state index < -0.39 is 0 Å². The van der Waals surface area contributed by atoms with Crippen LogP contribution in [0, 0.1) is 0 Å². The quantitative estimate of drug-likeness (QED) is 0.756. The largest absolute Gasteiger partial charge is 0.497 e. The molecule has 7 heteroatoms. The van der Waals surface area contributed by atoms with E-state index in [2.05, 4.69) is 25.5 Å². The van der Waals surface area contributed by atoms with Crippen LogP contribution in [-0.4, -0.2) is 34.4 Å². The van der Waals surface area contributed by atoms with Crippen LogP contribution < -0.4 is 14.8 Å². The summed E-state index contributed by atoms with van der Waals surface area (Å²) in [7, 11) is 3.20. The van der Waals surface area contributed by atoms with Gasteiger partial charge in [-0.25, -0.2) is 9.97 Å². The molecule has 2 aromatic heterocycles. The van der Waals surface area contributed by atoms with E-state index in [1.54, 1.807) is 26.5 Å². The first-order valence-electron chi connectivity index (χ1n) is 5.95. The van der Waals surface area contributed by atoms with E-state index in [9.17, 15) is 0 Å². The molecule has 102 valence electrons. The average molecular weight is 271 g/mol.